The number of hydrogen-bond acceptors (Lipinski definition) is 5. The van der Waals surface area contributed by atoms with Crippen molar-refractivity contribution in [2.75, 3.05) is 19.6 Å². The highest BCUT2D eigenvalue weighted by Crippen LogP contribution is 2.39. The molecule has 1 N–H and O–H groups in total. The summed E-state index contributed by atoms with van der Waals surface area (Å²) >= 11 is 0. The minimum absolute atomic E-state index is 0.0992. The number of nitrogens with one attached hydrogen (secondary N) is 1. The molecule has 198 valence electrons. The van der Waals surface area contributed by atoms with Gasteiger partial charge in [0.15, 0.2) is 11.7 Å². The third-order valence-corrected chi connectivity index (χ3v) is 7.22. The summed E-state index contributed by atoms with van der Waals surface area (Å²) in [6.45, 7) is 9.23. The second kappa shape index (κ2) is 9.83. The van der Waals surface area contributed by atoms with E-state index in [4.69, 9.17) is 0 Å². The van der Waals surface area contributed by atoms with Gasteiger partial charge >= 0.3 is 0 Å². The van der Waals surface area contributed by atoms with Crippen molar-refractivity contribution in [2.24, 2.45) is 4.99 Å². The van der Waals surface area contributed by atoms with E-state index in [0.29, 0.717) is 36.5 Å². The molecule has 10 heteroatoms. The molecule has 0 bridgehead atoms. The number of aryl methyl sites for hydroxylation is 1. The van der Waals surface area contributed by atoms with Crippen LogP contribution in [0, 0.1) is 29.6 Å². The van der Waals surface area contributed by atoms with E-state index >= 15 is 4.39 Å². The minimum Gasteiger partial charge on any atom is -0.618 e. The van der Waals surface area contributed by atoms with Crippen LogP contribution in [0.1, 0.15) is 60.7 Å². The Morgan fingerprint density at radius 2 is 1.87 bits per heavy atom. The first-order valence-electron chi connectivity index (χ1n) is 12.6. The summed E-state index contributed by atoms with van der Waals surface area (Å²) in [4.78, 5) is 24.5. The standard InChI is InChI=1S/C28H28F3N5O2/c1-14(2)24-21(15(3)8-9-33-24)23-25-17(27(34-28(23)37)35-11-10-32-13-16(35)4)12-20(31)26(36(25)38)22-18(29)6-5-7-19(22)30/h5-9,12,14,16,23,32H,10-11,13H2,1-4H3/t16-,23?/m0/s1. The zero-order valence-corrected chi connectivity index (χ0v) is 21.6. The smallest absolute Gasteiger partial charge is 0.266 e. The van der Waals surface area contributed by atoms with Gasteiger partial charge in [-0.25, -0.2) is 8.78 Å². The second-order valence-electron chi connectivity index (χ2n) is 10.1. The molecule has 1 aromatic carbocycles. The summed E-state index contributed by atoms with van der Waals surface area (Å²) in [6.07, 6.45) is 1.62. The van der Waals surface area contributed by atoms with Crippen LogP contribution in [-0.4, -0.2) is 47.3 Å². The Balaban J connectivity index is 1.85. The predicted molar refractivity (Wildman–Crippen MR) is 136 cm³/mol. The Labute approximate surface area is 218 Å². The molecule has 1 unspecified atom stereocenters. The molecule has 2 aliphatic rings. The number of halogens is 3. The van der Waals surface area contributed by atoms with Gasteiger partial charge in [-0.05, 0) is 55.2 Å². The van der Waals surface area contributed by atoms with Gasteiger partial charge < -0.3 is 15.4 Å². The molecular formula is C28H28F3N5O2. The van der Waals surface area contributed by atoms with Crippen LogP contribution >= 0.6 is 0 Å². The Hall–Kier alpha value is -3.79. The van der Waals surface area contributed by atoms with Gasteiger partial charge in [0.25, 0.3) is 11.6 Å². The summed E-state index contributed by atoms with van der Waals surface area (Å²) < 4.78 is 45.5. The topological polar surface area (TPSA) is 84.5 Å². The maximum absolute atomic E-state index is 15.7. The number of aromatic nitrogens is 2. The number of aliphatic imine (C=N–C) groups is 1. The fraction of sp³-hybridized carbons (Fsp3) is 0.357. The fourth-order valence-electron chi connectivity index (χ4n) is 5.40. The molecular weight excluding hydrogens is 495 g/mol. The Bertz CT molecular complexity index is 1450. The van der Waals surface area contributed by atoms with Crippen molar-refractivity contribution in [3.05, 3.63) is 87.3 Å². The molecule has 0 saturated carbocycles. The van der Waals surface area contributed by atoms with E-state index in [1.165, 1.54) is 0 Å². The van der Waals surface area contributed by atoms with Crippen LogP contribution in [0.25, 0.3) is 11.3 Å². The molecule has 1 saturated heterocycles. The van der Waals surface area contributed by atoms with Gasteiger partial charge in [-0.3, -0.25) is 9.78 Å². The molecule has 7 nitrogen and oxygen atoms in total. The first-order chi connectivity index (χ1) is 18.1. The van der Waals surface area contributed by atoms with Gasteiger partial charge in [-0.2, -0.15) is 14.1 Å². The second-order valence-corrected chi connectivity index (χ2v) is 10.1. The van der Waals surface area contributed by atoms with Crippen molar-refractivity contribution >= 4 is 11.7 Å². The molecule has 1 fully saturated rings. The Kier molecular flexibility index (Phi) is 6.68. The van der Waals surface area contributed by atoms with Crippen molar-refractivity contribution in [3.63, 3.8) is 0 Å². The Morgan fingerprint density at radius 3 is 2.53 bits per heavy atom. The first kappa shape index (κ1) is 25.8. The van der Waals surface area contributed by atoms with E-state index in [-0.39, 0.29) is 33.8 Å². The maximum Gasteiger partial charge on any atom is 0.266 e. The average molecular weight is 524 g/mol. The normalized spacial score (nSPS) is 19.5. The van der Waals surface area contributed by atoms with Crippen LogP contribution in [0.3, 0.4) is 0 Å². The highest BCUT2D eigenvalue weighted by Gasteiger charge is 2.45. The van der Waals surface area contributed by atoms with Crippen LogP contribution in [-0.2, 0) is 4.79 Å². The number of pyridine rings is 2. The van der Waals surface area contributed by atoms with Gasteiger partial charge in [-0.1, -0.05) is 19.9 Å². The molecule has 2 aromatic heterocycles. The number of carbonyl (C=O) groups is 1. The number of fused-ring (bicyclic) bond motifs is 1. The number of rotatable bonds is 3. The van der Waals surface area contributed by atoms with Crippen molar-refractivity contribution in [1.82, 2.24) is 15.2 Å². The molecule has 0 radical (unpaired) electrons. The zero-order valence-electron chi connectivity index (χ0n) is 21.6. The number of benzene rings is 1. The molecule has 38 heavy (non-hydrogen) atoms. The molecule has 1 amide bonds. The summed E-state index contributed by atoms with van der Waals surface area (Å²) in [6, 6.07) is 5.74. The largest absolute Gasteiger partial charge is 0.618 e. The lowest BCUT2D eigenvalue weighted by molar-refractivity contribution is -0.604. The van der Waals surface area contributed by atoms with Gasteiger partial charge in [0, 0.05) is 37.6 Å². The van der Waals surface area contributed by atoms with E-state index in [2.05, 4.69) is 15.3 Å². The fourth-order valence-corrected chi connectivity index (χ4v) is 5.40. The molecule has 0 aliphatic carbocycles. The van der Waals surface area contributed by atoms with E-state index in [9.17, 15) is 18.8 Å². The number of nitrogens with zero attached hydrogens (tertiary/aromatic N) is 4. The third kappa shape index (κ3) is 4.13. The molecule has 3 aromatic rings. The summed E-state index contributed by atoms with van der Waals surface area (Å²) in [5, 5.41) is 17.3. The van der Waals surface area contributed by atoms with Crippen LogP contribution in [0.5, 0.6) is 0 Å². The van der Waals surface area contributed by atoms with Crippen molar-refractivity contribution in [1.29, 1.82) is 0 Å². The van der Waals surface area contributed by atoms with Crippen molar-refractivity contribution in [3.8, 4) is 11.3 Å². The Morgan fingerprint density at radius 1 is 1.16 bits per heavy atom. The number of amidine groups is 1. The van der Waals surface area contributed by atoms with Crippen LogP contribution in [0.15, 0.2) is 41.5 Å². The van der Waals surface area contributed by atoms with Gasteiger partial charge in [-0.15, -0.1) is 0 Å². The van der Waals surface area contributed by atoms with Crippen LogP contribution in [0.2, 0.25) is 0 Å². The lowest BCUT2D eigenvalue weighted by Crippen LogP contribution is -2.55. The number of piperazine rings is 1. The SMILES string of the molecule is Cc1ccnc(C(C)C)c1C1C(=O)N=C(N2CCNC[C@@H]2C)c2cc(F)c(-c3c(F)cccc3F)[n+]([O-])c21. The number of carbonyl (C=O) groups excluding carboxylic acids is 1. The minimum atomic E-state index is -1.23. The zero-order chi connectivity index (χ0) is 27.3. The molecule has 4 heterocycles. The van der Waals surface area contributed by atoms with Gasteiger partial charge in [0.2, 0.25) is 5.69 Å². The number of hydrogen-bond donors (Lipinski definition) is 1. The summed E-state index contributed by atoms with van der Waals surface area (Å²) in [5.74, 6) is -5.07. The van der Waals surface area contributed by atoms with Crippen LogP contribution < -0.4 is 10.0 Å². The van der Waals surface area contributed by atoms with E-state index in [0.717, 1.165) is 24.3 Å². The van der Waals surface area contributed by atoms with E-state index in [1.807, 2.05) is 25.7 Å². The molecule has 0 spiro atoms. The number of amides is 1. The lowest BCUT2D eigenvalue weighted by atomic mass is 9.83. The van der Waals surface area contributed by atoms with Crippen molar-refractivity contribution < 1.29 is 22.7 Å². The maximum atomic E-state index is 15.7. The summed E-state index contributed by atoms with van der Waals surface area (Å²) in [7, 11) is 0. The molecule has 2 atom stereocenters. The van der Waals surface area contributed by atoms with Gasteiger partial charge in [0.1, 0.15) is 23.0 Å². The molecule has 5 rings (SSSR count). The average Bonchev–Trinajstić information content (AvgIpc) is 2.86. The van der Waals surface area contributed by atoms with E-state index < -0.39 is 40.5 Å². The predicted octanol–water partition coefficient (Wildman–Crippen LogP) is 3.94. The quantitative estimate of drug-likeness (QED) is 0.415. The highest BCUT2D eigenvalue weighted by atomic mass is 19.1. The van der Waals surface area contributed by atoms with Gasteiger partial charge in [0.05, 0.1) is 5.56 Å². The van der Waals surface area contributed by atoms with E-state index in [1.54, 1.807) is 19.2 Å². The van der Waals surface area contributed by atoms with Crippen molar-refractivity contribution in [2.45, 2.75) is 45.6 Å². The summed E-state index contributed by atoms with van der Waals surface area (Å²) in [5.41, 5.74) is 0.162. The lowest BCUT2D eigenvalue weighted by Gasteiger charge is -2.38. The molecule has 2 aliphatic heterocycles. The van der Waals surface area contributed by atoms with Crippen LogP contribution in [0.4, 0.5) is 13.2 Å². The monoisotopic (exact) mass is 523 g/mol. The third-order valence-electron chi connectivity index (χ3n) is 7.22. The highest BCUT2D eigenvalue weighted by molar-refractivity contribution is 6.11. The first-order valence-corrected chi connectivity index (χ1v) is 12.6.